The number of carbonyl (C=O) groups excluding carboxylic acids is 1. The number of carbonyl (C=O) groups is 1. The highest BCUT2D eigenvalue weighted by Gasteiger charge is 2.25. The summed E-state index contributed by atoms with van der Waals surface area (Å²) < 4.78 is 1.90. The van der Waals surface area contributed by atoms with Crippen molar-refractivity contribution in [1.29, 1.82) is 0 Å². The van der Waals surface area contributed by atoms with Gasteiger partial charge in [0.25, 0.3) is 0 Å². The first-order valence-electron chi connectivity index (χ1n) is 10.2. The minimum Gasteiger partial charge on any atom is -0.325 e. The summed E-state index contributed by atoms with van der Waals surface area (Å²) in [5.41, 5.74) is 4.74. The topological polar surface area (TPSA) is 59.8 Å². The molecule has 0 bridgehead atoms. The van der Waals surface area contributed by atoms with Gasteiger partial charge in [-0.05, 0) is 60.9 Å². The molecule has 0 saturated heterocycles. The Hall–Kier alpha value is -3.09. The Morgan fingerprint density at radius 3 is 2.44 bits per heavy atom. The molecule has 0 aliphatic heterocycles. The van der Waals surface area contributed by atoms with Crippen LogP contribution in [0.1, 0.15) is 21.9 Å². The maximum absolute atomic E-state index is 13.4. The average molecular weight is 463 g/mol. The summed E-state index contributed by atoms with van der Waals surface area (Å²) in [5, 5.41) is 12.6. The fourth-order valence-corrected chi connectivity index (χ4v) is 4.47. The Labute approximate surface area is 196 Å². The summed E-state index contributed by atoms with van der Waals surface area (Å²) in [4.78, 5) is 13.4. The van der Waals surface area contributed by atoms with Crippen LogP contribution < -0.4 is 5.32 Å². The monoisotopic (exact) mass is 462 g/mol. The van der Waals surface area contributed by atoms with Crippen LogP contribution in [-0.2, 0) is 11.8 Å². The van der Waals surface area contributed by atoms with Crippen molar-refractivity contribution in [2.75, 3.05) is 5.32 Å². The third-order valence-electron chi connectivity index (χ3n) is 5.15. The van der Waals surface area contributed by atoms with Crippen LogP contribution in [-0.4, -0.2) is 20.7 Å². The molecule has 4 rings (SSSR count). The Bertz CT molecular complexity index is 1240. The van der Waals surface area contributed by atoms with Crippen molar-refractivity contribution < 1.29 is 4.79 Å². The Morgan fingerprint density at radius 2 is 1.72 bits per heavy atom. The fraction of sp³-hybridized carbons (Fsp3) is 0.160. The molecule has 1 heterocycles. The smallest absolute Gasteiger partial charge is 0.242 e. The molecule has 0 saturated carbocycles. The van der Waals surface area contributed by atoms with Crippen molar-refractivity contribution in [1.82, 2.24) is 14.8 Å². The molecular weight excluding hydrogens is 440 g/mol. The number of aryl methyl sites for hydroxylation is 2. The second kappa shape index (κ2) is 9.59. The summed E-state index contributed by atoms with van der Waals surface area (Å²) in [6, 6.07) is 23.2. The second-order valence-corrected chi connectivity index (χ2v) is 9.10. The molecule has 0 aliphatic carbocycles. The second-order valence-electron chi connectivity index (χ2n) is 7.59. The third-order valence-corrected chi connectivity index (χ3v) is 6.69. The molecule has 1 amide bonds. The molecule has 0 fully saturated rings. The number of aromatic nitrogens is 3. The van der Waals surface area contributed by atoms with E-state index >= 15 is 0 Å². The molecule has 0 spiro atoms. The molecule has 32 heavy (non-hydrogen) atoms. The third kappa shape index (κ3) is 4.87. The fourth-order valence-electron chi connectivity index (χ4n) is 3.34. The van der Waals surface area contributed by atoms with Crippen molar-refractivity contribution in [3.8, 4) is 11.4 Å². The van der Waals surface area contributed by atoms with E-state index in [9.17, 15) is 4.79 Å². The zero-order chi connectivity index (χ0) is 22.7. The van der Waals surface area contributed by atoms with Gasteiger partial charge >= 0.3 is 0 Å². The van der Waals surface area contributed by atoms with Gasteiger partial charge in [-0.3, -0.25) is 4.79 Å². The first-order valence-corrected chi connectivity index (χ1v) is 11.4. The molecule has 1 N–H and O–H groups in total. The lowest BCUT2D eigenvalue weighted by Gasteiger charge is -2.18. The summed E-state index contributed by atoms with van der Waals surface area (Å²) in [6.45, 7) is 4.00. The van der Waals surface area contributed by atoms with Gasteiger partial charge < -0.3 is 9.88 Å². The maximum atomic E-state index is 13.4. The number of nitrogens with zero attached hydrogens (tertiary/aromatic N) is 3. The number of hydrogen-bond acceptors (Lipinski definition) is 4. The molecule has 1 unspecified atom stereocenters. The number of halogens is 1. The van der Waals surface area contributed by atoms with Gasteiger partial charge in [0.2, 0.25) is 5.91 Å². The van der Waals surface area contributed by atoms with Gasteiger partial charge in [-0.1, -0.05) is 65.8 Å². The van der Waals surface area contributed by atoms with E-state index < -0.39 is 5.25 Å². The van der Waals surface area contributed by atoms with Gasteiger partial charge in [-0.2, -0.15) is 0 Å². The van der Waals surface area contributed by atoms with Crippen LogP contribution in [0.2, 0.25) is 5.02 Å². The Kier molecular flexibility index (Phi) is 6.63. The number of rotatable bonds is 6. The first kappa shape index (κ1) is 22.1. The van der Waals surface area contributed by atoms with Crippen LogP contribution in [0.4, 0.5) is 5.69 Å². The molecule has 7 heteroatoms. The number of amides is 1. The lowest BCUT2D eigenvalue weighted by atomic mass is 10.1. The molecule has 162 valence electrons. The Morgan fingerprint density at radius 1 is 1.00 bits per heavy atom. The lowest BCUT2D eigenvalue weighted by molar-refractivity contribution is -0.115. The highest BCUT2D eigenvalue weighted by Crippen LogP contribution is 2.36. The van der Waals surface area contributed by atoms with Crippen LogP contribution in [0.25, 0.3) is 11.4 Å². The van der Waals surface area contributed by atoms with Crippen LogP contribution in [0, 0.1) is 13.8 Å². The van der Waals surface area contributed by atoms with Gasteiger partial charge in [-0.25, -0.2) is 0 Å². The number of anilines is 1. The molecule has 1 aromatic heterocycles. The number of benzene rings is 3. The standard InChI is InChI=1S/C25H23ClN4OS/c1-16-9-10-17(2)21(15-16)27-24(31)22(18-7-5-4-6-8-18)32-25-29-28-23(30(25)3)19-11-13-20(26)14-12-19/h4-15,22H,1-3H3,(H,27,31). The van der Waals surface area contributed by atoms with E-state index in [0.29, 0.717) is 16.0 Å². The van der Waals surface area contributed by atoms with Crippen LogP contribution >= 0.6 is 23.4 Å². The lowest BCUT2D eigenvalue weighted by Crippen LogP contribution is -2.20. The maximum Gasteiger partial charge on any atom is 0.242 e. The molecular formula is C25H23ClN4OS. The van der Waals surface area contributed by atoms with Gasteiger partial charge in [0.15, 0.2) is 11.0 Å². The van der Waals surface area contributed by atoms with Crippen molar-refractivity contribution in [3.63, 3.8) is 0 Å². The van der Waals surface area contributed by atoms with Crippen molar-refractivity contribution in [3.05, 3.63) is 94.5 Å². The van der Waals surface area contributed by atoms with E-state index in [4.69, 9.17) is 11.6 Å². The molecule has 5 nitrogen and oxygen atoms in total. The van der Waals surface area contributed by atoms with Gasteiger partial charge in [0.1, 0.15) is 5.25 Å². The van der Waals surface area contributed by atoms with E-state index in [-0.39, 0.29) is 5.91 Å². The highest BCUT2D eigenvalue weighted by molar-refractivity contribution is 8.00. The molecule has 1 atom stereocenters. The number of nitrogens with one attached hydrogen (secondary N) is 1. The normalized spacial score (nSPS) is 11.9. The molecule has 3 aromatic carbocycles. The number of thioether (sulfide) groups is 1. The zero-order valence-electron chi connectivity index (χ0n) is 18.0. The van der Waals surface area contributed by atoms with Crippen LogP contribution in [0.15, 0.2) is 78.0 Å². The zero-order valence-corrected chi connectivity index (χ0v) is 19.6. The van der Waals surface area contributed by atoms with Crippen molar-refractivity contribution in [2.45, 2.75) is 24.3 Å². The van der Waals surface area contributed by atoms with E-state index in [0.717, 1.165) is 27.9 Å². The summed E-state index contributed by atoms with van der Waals surface area (Å²) in [7, 11) is 1.90. The molecule has 0 aliphatic rings. The quantitative estimate of drug-likeness (QED) is 0.345. The van der Waals surface area contributed by atoms with E-state index in [1.54, 1.807) is 0 Å². The minimum absolute atomic E-state index is 0.106. The molecule has 0 radical (unpaired) electrons. The van der Waals surface area contributed by atoms with Crippen LogP contribution in [0.5, 0.6) is 0 Å². The Balaban J connectivity index is 1.64. The van der Waals surface area contributed by atoms with Crippen LogP contribution in [0.3, 0.4) is 0 Å². The highest BCUT2D eigenvalue weighted by atomic mass is 35.5. The summed E-state index contributed by atoms with van der Waals surface area (Å²) >= 11 is 7.39. The van der Waals surface area contributed by atoms with E-state index in [1.807, 2.05) is 98.3 Å². The number of hydrogen-bond donors (Lipinski definition) is 1. The van der Waals surface area contributed by atoms with E-state index in [1.165, 1.54) is 11.8 Å². The van der Waals surface area contributed by atoms with Crippen molar-refractivity contribution in [2.24, 2.45) is 7.05 Å². The van der Waals surface area contributed by atoms with E-state index in [2.05, 4.69) is 15.5 Å². The van der Waals surface area contributed by atoms with Gasteiger partial charge in [0.05, 0.1) is 0 Å². The van der Waals surface area contributed by atoms with Crippen molar-refractivity contribution >= 4 is 35.0 Å². The summed E-state index contributed by atoms with van der Waals surface area (Å²) in [5.74, 6) is 0.608. The largest absolute Gasteiger partial charge is 0.325 e. The predicted octanol–water partition coefficient (Wildman–Crippen LogP) is 6.22. The average Bonchev–Trinajstić information content (AvgIpc) is 3.15. The molecule has 4 aromatic rings. The summed E-state index contributed by atoms with van der Waals surface area (Å²) in [6.07, 6.45) is 0. The predicted molar refractivity (Wildman–Crippen MR) is 131 cm³/mol. The van der Waals surface area contributed by atoms with Gasteiger partial charge in [0, 0.05) is 23.3 Å². The SMILES string of the molecule is Cc1ccc(C)c(NC(=O)C(Sc2nnc(-c3ccc(Cl)cc3)n2C)c2ccccc2)c1. The first-order chi connectivity index (χ1) is 15.4. The van der Waals surface area contributed by atoms with Gasteiger partial charge in [-0.15, -0.1) is 10.2 Å². The minimum atomic E-state index is -0.489.